The number of carbonyl (C=O) groups is 1. The van der Waals surface area contributed by atoms with Crippen molar-refractivity contribution in [2.24, 2.45) is 7.05 Å². The van der Waals surface area contributed by atoms with Crippen LogP contribution >= 0.6 is 0 Å². The molecule has 0 aliphatic carbocycles. The van der Waals surface area contributed by atoms with Crippen LogP contribution in [0, 0.1) is 0 Å². The maximum Gasteiger partial charge on any atom is 0.352 e. The molecule has 7 heteroatoms. The lowest BCUT2D eigenvalue weighted by Crippen LogP contribution is -2.41. The largest absolute Gasteiger partial charge is 0.477 e. The molecule has 1 aliphatic rings. The average molecular weight is 272 g/mol. The summed E-state index contributed by atoms with van der Waals surface area (Å²) in [4.78, 5) is 11.3. The van der Waals surface area contributed by atoms with Gasteiger partial charge in [0.2, 0.25) is 10.0 Å². The van der Waals surface area contributed by atoms with E-state index in [2.05, 4.69) is 0 Å². The first-order valence-corrected chi connectivity index (χ1v) is 7.14. The van der Waals surface area contributed by atoms with Crippen molar-refractivity contribution in [2.75, 3.05) is 6.54 Å². The number of aromatic carboxylic acids is 1. The van der Waals surface area contributed by atoms with E-state index in [1.165, 1.54) is 15.1 Å². The average Bonchev–Trinajstić information content (AvgIpc) is 2.55. The molecule has 0 unspecified atom stereocenters. The Hall–Kier alpha value is -1.34. The van der Waals surface area contributed by atoms with Crippen LogP contribution < -0.4 is 0 Å². The number of carboxylic acid groups (broad SMARTS) is 1. The maximum atomic E-state index is 12.4. The number of fused-ring (bicyclic) bond motifs is 1. The van der Waals surface area contributed by atoms with E-state index in [-0.39, 0.29) is 16.6 Å². The number of aromatic nitrogens is 1. The minimum atomic E-state index is -3.57. The smallest absolute Gasteiger partial charge is 0.352 e. The van der Waals surface area contributed by atoms with Gasteiger partial charge in [-0.2, -0.15) is 4.31 Å². The molecule has 0 atom stereocenters. The van der Waals surface area contributed by atoms with Crippen LogP contribution in [-0.4, -0.2) is 41.0 Å². The Kier molecular flexibility index (Phi) is 2.98. The third-order valence-corrected chi connectivity index (χ3v) is 5.32. The van der Waals surface area contributed by atoms with Crippen LogP contribution in [-0.2, 0) is 23.5 Å². The number of hydrogen-bond donors (Lipinski definition) is 1. The van der Waals surface area contributed by atoms with Crippen molar-refractivity contribution < 1.29 is 18.3 Å². The van der Waals surface area contributed by atoms with Gasteiger partial charge in [-0.05, 0) is 20.3 Å². The molecule has 0 aromatic carbocycles. The second-order valence-electron chi connectivity index (χ2n) is 4.70. The zero-order chi connectivity index (χ0) is 13.7. The Morgan fingerprint density at radius 3 is 2.56 bits per heavy atom. The maximum absolute atomic E-state index is 12.4. The van der Waals surface area contributed by atoms with Crippen LogP contribution in [0.1, 0.15) is 29.9 Å². The van der Waals surface area contributed by atoms with E-state index in [0.717, 1.165) is 0 Å². The van der Waals surface area contributed by atoms with Crippen molar-refractivity contribution in [3.63, 3.8) is 0 Å². The SMILES string of the molecule is CC(C)N1CCc2c(cn(C)c2C(=O)O)S1(=O)=O. The Labute approximate surface area is 106 Å². The molecule has 1 aromatic heterocycles. The lowest BCUT2D eigenvalue weighted by molar-refractivity contribution is 0.0685. The van der Waals surface area contributed by atoms with Gasteiger partial charge in [0.15, 0.2) is 0 Å². The molecule has 0 amide bonds. The summed E-state index contributed by atoms with van der Waals surface area (Å²) in [5.74, 6) is -1.09. The summed E-state index contributed by atoms with van der Waals surface area (Å²) in [7, 11) is -2.02. The van der Waals surface area contributed by atoms with Crippen molar-refractivity contribution in [1.82, 2.24) is 8.87 Å². The van der Waals surface area contributed by atoms with Crippen LogP contribution in [0.2, 0.25) is 0 Å². The van der Waals surface area contributed by atoms with Crippen molar-refractivity contribution in [3.8, 4) is 0 Å². The fourth-order valence-corrected chi connectivity index (χ4v) is 4.34. The van der Waals surface area contributed by atoms with Gasteiger partial charge < -0.3 is 9.67 Å². The topological polar surface area (TPSA) is 79.6 Å². The predicted molar refractivity (Wildman–Crippen MR) is 65.1 cm³/mol. The van der Waals surface area contributed by atoms with Gasteiger partial charge in [0.1, 0.15) is 10.6 Å². The molecular weight excluding hydrogens is 256 g/mol. The first-order chi connectivity index (χ1) is 8.26. The molecule has 1 aromatic rings. The Bertz CT molecular complexity index is 601. The highest BCUT2D eigenvalue weighted by molar-refractivity contribution is 7.89. The zero-order valence-corrected chi connectivity index (χ0v) is 11.4. The molecule has 1 N–H and O–H groups in total. The molecule has 6 nitrogen and oxygen atoms in total. The third kappa shape index (κ3) is 1.74. The van der Waals surface area contributed by atoms with Gasteiger partial charge in [-0.25, -0.2) is 13.2 Å². The predicted octanol–water partition coefficient (Wildman–Crippen LogP) is 0.679. The van der Waals surface area contributed by atoms with Gasteiger partial charge in [-0.3, -0.25) is 0 Å². The summed E-state index contributed by atoms with van der Waals surface area (Å²) in [5, 5.41) is 9.13. The highest BCUT2D eigenvalue weighted by Crippen LogP contribution is 2.31. The number of nitrogens with zero attached hydrogens (tertiary/aromatic N) is 2. The Morgan fingerprint density at radius 2 is 2.06 bits per heavy atom. The van der Waals surface area contributed by atoms with Crippen molar-refractivity contribution in [2.45, 2.75) is 31.2 Å². The number of rotatable bonds is 2. The van der Waals surface area contributed by atoms with E-state index in [1.54, 1.807) is 7.05 Å². The highest BCUT2D eigenvalue weighted by atomic mass is 32.2. The van der Waals surface area contributed by atoms with Crippen LogP contribution in [0.5, 0.6) is 0 Å². The summed E-state index contributed by atoms with van der Waals surface area (Å²) in [5.41, 5.74) is 0.485. The molecule has 0 radical (unpaired) electrons. The first kappa shape index (κ1) is 13.1. The van der Waals surface area contributed by atoms with Crippen molar-refractivity contribution in [1.29, 1.82) is 0 Å². The van der Waals surface area contributed by atoms with Gasteiger partial charge in [-0.1, -0.05) is 0 Å². The minimum absolute atomic E-state index is 0.0666. The normalized spacial score (nSPS) is 18.9. The third-order valence-electron chi connectivity index (χ3n) is 3.19. The van der Waals surface area contributed by atoms with E-state index in [4.69, 9.17) is 5.11 Å². The van der Waals surface area contributed by atoms with E-state index < -0.39 is 16.0 Å². The van der Waals surface area contributed by atoms with E-state index in [1.807, 2.05) is 13.8 Å². The number of sulfonamides is 1. The van der Waals surface area contributed by atoms with E-state index in [9.17, 15) is 13.2 Å². The Balaban J connectivity index is 2.65. The second-order valence-corrected chi connectivity index (χ2v) is 6.56. The van der Waals surface area contributed by atoms with Crippen molar-refractivity contribution in [3.05, 3.63) is 17.5 Å². The summed E-state index contributed by atoms with van der Waals surface area (Å²) in [6, 6.07) is -0.128. The molecule has 0 spiro atoms. The molecule has 0 saturated heterocycles. The lowest BCUT2D eigenvalue weighted by Gasteiger charge is -2.29. The van der Waals surface area contributed by atoms with Crippen molar-refractivity contribution >= 4 is 16.0 Å². The fraction of sp³-hybridized carbons (Fsp3) is 0.545. The summed E-state index contributed by atoms with van der Waals surface area (Å²) >= 11 is 0. The second kappa shape index (κ2) is 4.10. The fourth-order valence-electron chi connectivity index (χ4n) is 2.40. The number of aryl methyl sites for hydroxylation is 1. The van der Waals surface area contributed by atoms with Gasteiger partial charge >= 0.3 is 5.97 Å². The van der Waals surface area contributed by atoms with Crippen LogP contribution in [0.3, 0.4) is 0 Å². The molecule has 0 fully saturated rings. The molecule has 2 rings (SSSR count). The summed E-state index contributed by atoms with van der Waals surface area (Å²) < 4.78 is 27.5. The zero-order valence-electron chi connectivity index (χ0n) is 10.5. The standard InChI is InChI=1S/C11H16N2O4S/c1-7(2)13-5-4-8-9(18(13,16)17)6-12(3)10(8)11(14)15/h6-7H,4-5H2,1-3H3,(H,14,15). The molecule has 0 bridgehead atoms. The minimum Gasteiger partial charge on any atom is -0.477 e. The van der Waals surface area contributed by atoms with Gasteiger partial charge in [0.05, 0.1) is 0 Å². The quantitative estimate of drug-likeness (QED) is 0.858. The lowest BCUT2D eigenvalue weighted by atomic mass is 10.1. The Morgan fingerprint density at radius 1 is 1.44 bits per heavy atom. The van der Waals surface area contributed by atoms with E-state index in [0.29, 0.717) is 18.5 Å². The molecule has 2 heterocycles. The van der Waals surface area contributed by atoms with Gasteiger partial charge in [0.25, 0.3) is 0 Å². The summed E-state index contributed by atoms with van der Waals surface area (Å²) in [6.07, 6.45) is 1.83. The van der Waals surface area contributed by atoms with E-state index >= 15 is 0 Å². The monoisotopic (exact) mass is 272 g/mol. The van der Waals surface area contributed by atoms with Crippen LogP contribution in [0.25, 0.3) is 0 Å². The van der Waals surface area contributed by atoms with Crippen LogP contribution in [0.15, 0.2) is 11.1 Å². The first-order valence-electron chi connectivity index (χ1n) is 5.70. The van der Waals surface area contributed by atoms with Gasteiger partial charge in [-0.15, -0.1) is 0 Å². The molecular formula is C11H16N2O4S. The molecule has 0 saturated carbocycles. The van der Waals surface area contributed by atoms with Gasteiger partial charge in [0, 0.05) is 31.4 Å². The number of hydrogen-bond acceptors (Lipinski definition) is 3. The van der Waals surface area contributed by atoms with Crippen LogP contribution in [0.4, 0.5) is 0 Å². The highest BCUT2D eigenvalue weighted by Gasteiger charge is 2.37. The number of carboxylic acids is 1. The molecule has 100 valence electrons. The molecule has 1 aliphatic heterocycles. The summed E-state index contributed by atoms with van der Waals surface area (Å²) in [6.45, 7) is 3.95. The molecule has 18 heavy (non-hydrogen) atoms.